The number of pyridine rings is 1. The average molecular weight is 443 g/mol. The van der Waals surface area contributed by atoms with Crippen molar-refractivity contribution in [2.24, 2.45) is 5.92 Å². The van der Waals surface area contributed by atoms with Crippen LogP contribution < -0.4 is 5.32 Å². The molecule has 8 heteroatoms. The summed E-state index contributed by atoms with van der Waals surface area (Å²) < 4.78 is 5.68. The van der Waals surface area contributed by atoms with E-state index >= 15 is 0 Å². The quantitative estimate of drug-likeness (QED) is 0.711. The van der Waals surface area contributed by atoms with Gasteiger partial charge in [0, 0.05) is 35.4 Å². The summed E-state index contributed by atoms with van der Waals surface area (Å²) >= 11 is 1.53. The van der Waals surface area contributed by atoms with Crippen molar-refractivity contribution in [1.29, 1.82) is 0 Å². The van der Waals surface area contributed by atoms with Crippen LogP contribution in [0.4, 0.5) is 0 Å². The minimum Gasteiger partial charge on any atom is -0.368 e. The Hall–Kier alpha value is -2.32. The molecule has 0 bridgehead atoms. The van der Waals surface area contributed by atoms with Crippen LogP contribution >= 0.6 is 11.3 Å². The monoisotopic (exact) mass is 442 g/mol. The van der Waals surface area contributed by atoms with Crippen molar-refractivity contribution in [2.45, 2.75) is 64.6 Å². The van der Waals surface area contributed by atoms with Crippen LogP contribution in [-0.2, 0) is 20.9 Å². The van der Waals surface area contributed by atoms with Crippen molar-refractivity contribution in [3.05, 3.63) is 34.4 Å². The maximum atomic E-state index is 12.9. The Morgan fingerprint density at radius 3 is 2.81 bits per heavy atom. The fourth-order valence-corrected chi connectivity index (χ4v) is 4.84. The third-order valence-corrected chi connectivity index (χ3v) is 7.16. The smallest absolute Gasteiger partial charge is 0.248 e. The molecule has 0 aromatic carbocycles. The summed E-state index contributed by atoms with van der Waals surface area (Å²) in [5, 5.41) is 5.87. The number of amides is 2. The van der Waals surface area contributed by atoms with Gasteiger partial charge >= 0.3 is 0 Å². The number of hydrogen-bond donors (Lipinski definition) is 1. The molecule has 1 saturated heterocycles. The van der Waals surface area contributed by atoms with E-state index in [0.29, 0.717) is 13.1 Å². The number of likely N-dealkylation sites (tertiary alicyclic amines) is 1. The largest absolute Gasteiger partial charge is 0.368 e. The van der Waals surface area contributed by atoms with Gasteiger partial charge in [-0.1, -0.05) is 0 Å². The molecule has 2 aromatic heterocycles. The summed E-state index contributed by atoms with van der Waals surface area (Å²) in [6.07, 6.45) is 6.96. The fourth-order valence-electron chi connectivity index (χ4n) is 4.09. The molecule has 4 rings (SSSR count). The van der Waals surface area contributed by atoms with Gasteiger partial charge in [-0.2, -0.15) is 0 Å². The highest BCUT2D eigenvalue weighted by atomic mass is 32.1. The molecule has 2 aromatic rings. The van der Waals surface area contributed by atoms with Crippen molar-refractivity contribution in [3.8, 4) is 11.3 Å². The third-order valence-electron chi connectivity index (χ3n) is 6.31. The second-order valence-electron chi connectivity index (χ2n) is 8.47. The van der Waals surface area contributed by atoms with Gasteiger partial charge in [0.05, 0.1) is 24.3 Å². The molecule has 2 atom stereocenters. The molecule has 0 spiro atoms. The van der Waals surface area contributed by atoms with Gasteiger partial charge in [0.25, 0.3) is 0 Å². The van der Waals surface area contributed by atoms with E-state index in [1.165, 1.54) is 17.8 Å². The van der Waals surface area contributed by atoms with Crippen molar-refractivity contribution in [1.82, 2.24) is 20.2 Å². The van der Waals surface area contributed by atoms with E-state index in [-0.39, 0.29) is 36.5 Å². The highest BCUT2D eigenvalue weighted by molar-refractivity contribution is 7.09. The number of nitrogens with zero attached hydrogens (tertiary/aromatic N) is 3. The van der Waals surface area contributed by atoms with Crippen LogP contribution in [0.3, 0.4) is 0 Å². The summed E-state index contributed by atoms with van der Waals surface area (Å²) in [4.78, 5) is 36.2. The normalized spacial score (nSPS) is 21.5. The molecule has 2 aliphatic rings. The molecule has 1 saturated carbocycles. The molecule has 2 amide bonds. The Morgan fingerprint density at radius 2 is 2.10 bits per heavy atom. The highest BCUT2D eigenvalue weighted by Gasteiger charge is 2.35. The number of nitrogens with one attached hydrogen (secondary N) is 1. The molecule has 0 radical (unpaired) electrons. The number of thiazole rings is 1. The number of piperidine rings is 1. The number of rotatable bonds is 7. The lowest BCUT2D eigenvalue weighted by molar-refractivity contribution is -0.146. The lowest BCUT2D eigenvalue weighted by Gasteiger charge is -2.39. The van der Waals surface area contributed by atoms with Gasteiger partial charge in [0.2, 0.25) is 11.8 Å². The predicted molar refractivity (Wildman–Crippen MR) is 119 cm³/mol. The zero-order valence-electron chi connectivity index (χ0n) is 18.2. The molecule has 3 heterocycles. The molecule has 1 aliphatic heterocycles. The van der Waals surface area contributed by atoms with Gasteiger partial charge in [-0.3, -0.25) is 14.6 Å². The molecule has 1 N–H and O–H groups in total. The molecule has 7 nitrogen and oxygen atoms in total. The third kappa shape index (κ3) is 5.30. The molecule has 1 aliphatic carbocycles. The van der Waals surface area contributed by atoms with Crippen LogP contribution in [0.2, 0.25) is 0 Å². The number of ether oxygens (including phenoxy) is 1. The molecule has 166 valence electrons. The number of carbonyl (C=O) groups excluding carboxylic acids is 2. The van der Waals surface area contributed by atoms with Gasteiger partial charge in [-0.15, -0.1) is 11.3 Å². The number of carbonyl (C=O) groups is 2. The van der Waals surface area contributed by atoms with Crippen molar-refractivity contribution < 1.29 is 14.3 Å². The summed E-state index contributed by atoms with van der Waals surface area (Å²) in [7, 11) is 0. The van der Waals surface area contributed by atoms with Crippen molar-refractivity contribution in [2.75, 3.05) is 13.2 Å². The topological polar surface area (TPSA) is 84.4 Å². The van der Waals surface area contributed by atoms with Crippen LogP contribution in [0.1, 0.15) is 49.7 Å². The second kappa shape index (κ2) is 9.87. The van der Waals surface area contributed by atoms with Gasteiger partial charge in [0.15, 0.2) is 0 Å². The Kier molecular flexibility index (Phi) is 6.97. The molecule has 0 unspecified atom stereocenters. The number of hydrogen-bond acceptors (Lipinski definition) is 6. The number of aromatic nitrogens is 2. The zero-order valence-corrected chi connectivity index (χ0v) is 19.0. The van der Waals surface area contributed by atoms with Crippen LogP contribution in [0, 0.1) is 12.8 Å². The van der Waals surface area contributed by atoms with Gasteiger partial charge in [0.1, 0.15) is 11.6 Å². The second-order valence-corrected chi connectivity index (χ2v) is 9.42. The van der Waals surface area contributed by atoms with Crippen molar-refractivity contribution in [3.63, 3.8) is 0 Å². The van der Waals surface area contributed by atoms with E-state index < -0.39 is 0 Å². The summed E-state index contributed by atoms with van der Waals surface area (Å²) in [6, 6.07) is 3.84. The molecular weight excluding hydrogens is 412 g/mol. The van der Waals surface area contributed by atoms with E-state index in [1.807, 2.05) is 42.5 Å². The Morgan fingerprint density at radius 1 is 1.26 bits per heavy atom. The van der Waals surface area contributed by atoms with Crippen LogP contribution in [0.25, 0.3) is 11.3 Å². The highest BCUT2D eigenvalue weighted by Crippen LogP contribution is 2.26. The summed E-state index contributed by atoms with van der Waals surface area (Å²) in [5.41, 5.74) is 2.81. The van der Waals surface area contributed by atoms with Gasteiger partial charge < -0.3 is 15.0 Å². The maximum absolute atomic E-state index is 12.9. The minimum absolute atomic E-state index is 0.00632. The lowest BCUT2D eigenvalue weighted by Crippen LogP contribution is -2.52. The Balaban J connectivity index is 1.29. The first kappa shape index (κ1) is 21.9. The van der Waals surface area contributed by atoms with E-state index in [1.54, 1.807) is 0 Å². The van der Waals surface area contributed by atoms with Gasteiger partial charge in [-0.25, -0.2) is 4.98 Å². The predicted octanol–water partition coefficient (Wildman–Crippen LogP) is 3.33. The van der Waals surface area contributed by atoms with E-state index in [0.717, 1.165) is 47.6 Å². The molecular formula is C23H30N4O3S. The number of aryl methyl sites for hydroxylation is 1. The summed E-state index contributed by atoms with van der Waals surface area (Å²) in [5.74, 6) is -0.228. The first-order chi connectivity index (χ1) is 15.0. The first-order valence-corrected chi connectivity index (χ1v) is 12.0. The Labute approximate surface area is 187 Å². The molecule has 31 heavy (non-hydrogen) atoms. The van der Waals surface area contributed by atoms with Crippen LogP contribution in [-0.4, -0.2) is 52.0 Å². The maximum Gasteiger partial charge on any atom is 0.248 e. The minimum atomic E-state index is -0.206. The first-order valence-electron chi connectivity index (χ1n) is 11.1. The van der Waals surface area contributed by atoms with Crippen LogP contribution in [0.5, 0.6) is 0 Å². The zero-order chi connectivity index (χ0) is 21.8. The van der Waals surface area contributed by atoms with Gasteiger partial charge in [-0.05, 0) is 58.1 Å². The lowest BCUT2D eigenvalue weighted by atomic mass is 9.89. The summed E-state index contributed by atoms with van der Waals surface area (Å²) in [6.45, 7) is 5.13. The van der Waals surface area contributed by atoms with E-state index in [4.69, 9.17) is 4.74 Å². The standard InChI is InChI=1S/C23H30N4O3S/c1-15-8-9-17(11-24-15)20-14-31-21(26-20)12-25-23(29)19-7-4-10-27(16(19)2)22(28)13-30-18-5-3-6-18/h8-9,11,14,16,18-19H,3-7,10,12-13H2,1-2H3,(H,25,29)/t16-,19-/m0/s1. The van der Waals surface area contributed by atoms with Crippen molar-refractivity contribution >= 4 is 23.2 Å². The molecule has 2 fully saturated rings. The van der Waals surface area contributed by atoms with E-state index in [2.05, 4.69) is 15.3 Å². The SMILES string of the molecule is Cc1ccc(-c2csc(CNC(=O)[C@H]3CCCN(C(=O)COC4CCC4)[C@H]3C)n2)cn1. The van der Waals surface area contributed by atoms with Crippen LogP contribution in [0.15, 0.2) is 23.7 Å². The van der Waals surface area contributed by atoms with E-state index in [9.17, 15) is 9.59 Å². The average Bonchev–Trinajstić information content (AvgIpc) is 3.20. The fraction of sp³-hybridized carbons (Fsp3) is 0.565. The Bertz CT molecular complexity index is 910.